The van der Waals surface area contributed by atoms with Crippen molar-refractivity contribution < 1.29 is 22.4 Å². The number of rotatable bonds is 2. The average Bonchev–Trinajstić information content (AvgIpc) is 2.46. The second-order valence-corrected chi connectivity index (χ2v) is 4.81. The van der Waals surface area contributed by atoms with Crippen molar-refractivity contribution in [2.75, 3.05) is 19.4 Å². The molecule has 122 valence electrons. The first-order valence-electron chi connectivity index (χ1n) is 6.36. The minimum absolute atomic E-state index is 0.0981. The lowest BCUT2D eigenvalue weighted by Crippen LogP contribution is -2.28. The summed E-state index contributed by atoms with van der Waals surface area (Å²) < 4.78 is 52.6. The van der Waals surface area contributed by atoms with E-state index < -0.39 is 29.4 Å². The molecule has 0 unspecified atom stereocenters. The third kappa shape index (κ3) is 3.93. The van der Waals surface area contributed by atoms with Gasteiger partial charge < -0.3 is 10.2 Å². The number of nitrogens with one attached hydrogen (secondary N) is 1. The van der Waals surface area contributed by atoms with E-state index in [9.17, 15) is 22.4 Å². The van der Waals surface area contributed by atoms with Crippen molar-refractivity contribution in [1.82, 2.24) is 14.9 Å². The van der Waals surface area contributed by atoms with E-state index >= 15 is 0 Å². The van der Waals surface area contributed by atoms with Crippen molar-refractivity contribution in [3.63, 3.8) is 0 Å². The maximum Gasteiger partial charge on any atom is 0.435 e. The molecule has 0 fully saturated rings. The Labute approximate surface area is 129 Å². The van der Waals surface area contributed by atoms with Crippen LogP contribution < -0.4 is 5.32 Å². The van der Waals surface area contributed by atoms with Gasteiger partial charge in [-0.3, -0.25) is 4.98 Å². The van der Waals surface area contributed by atoms with Gasteiger partial charge in [0.05, 0.1) is 17.6 Å². The molecule has 2 heterocycles. The highest BCUT2D eigenvalue weighted by atomic mass is 19.4. The minimum atomic E-state index is -4.79. The first-order chi connectivity index (χ1) is 10.7. The summed E-state index contributed by atoms with van der Waals surface area (Å²) in [6.45, 7) is 0. The normalized spacial score (nSPS) is 11.2. The zero-order valence-electron chi connectivity index (χ0n) is 12.1. The minimum Gasteiger partial charge on any atom is -0.331 e. The second kappa shape index (κ2) is 6.19. The number of anilines is 1. The van der Waals surface area contributed by atoms with Gasteiger partial charge in [-0.05, 0) is 18.2 Å². The molecule has 0 saturated heterocycles. The lowest BCUT2D eigenvalue weighted by Gasteiger charge is -2.16. The SMILES string of the molecule is CN(C)C(=O)Nc1ccc(-c2cncc(F)c2)nc1C(F)(F)F. The van der Waals surface area contributed by atoms with E-state index in [0.29, 0.717) is 0 Å². The molecule has 5 nitrogen and oxygen atoms in total. The van der Waals surface area contributed by atoms with Crippen LogP contribution in [0.3, 0.4) is 0 Å². The van der Waals surface area contributed by atoms with Crippen LogP contribution in [0.25, 0.3) is 11.3 Å². The molecule has 23 heavy (non-hydrogen) atoms. The highest BCUT2D eigenvalue weighted by Crippen LogP contribution is 2.35. The van der Waals surface area contributed by atoms with E-state index in [1.807, 2.05) is 0 Å². The number of alkyl halides is 3. The van der Waals surface area contributed by atoms with E-state index in [0.717, 1.165) is 23.2 Å². The van der Waals surface area contributed by atoms with Crippen LogP contribution in [-0.2, 0) is 6.18 Å². The molecule has 0 bridgehead atoms. The van der Waals surface area contributed by atoms with Crippen LogP contribution in [0.2, 0.25) is 0 Å². The Morgan fingerprint density at radius 1 is 1.22 bits per heavy atom. The number of urea groups is 1. The van der Waals surface area contributed by atoms with Crippen LogP contribution in [0.15, 0.2) is 30.6 Å². The molecule has 0 aliphatic heterocycles. The molecule has 0 spiro atoms. The van der Waals surface area contributed by atoms with Gasteiger partial charge >= 0.3 is 12.2 Å². The number of amides is 2. The molecule has 0 aromatic carbocycles. The third-order valence-corrected chi connectivity index (χ3v) is 2.81. The van der Waals surface area contributed by atoms with Crippen LogP contribution >= 0.6 is 0 Å². The number of carbonyl (C=O) groups is 1. The number of pyridine rings is 2. The Morgan fingerprint density at radius 2 is 1.91 bits per heavy atom. The lowest BCUT2D eigenvalue weighted by atomic mass is 10.1. The van der Waals surface area contributed by atoms with Crippen molar-refractivity contribution in [1.29, 1.82) is 0 Å². The third-order valence-electron chi connectivity index (χ3n) is 2.81. The number of halogens is 4. The highest BCUT2D eigenvalue weighted by Gasteiger charge is 2.36. The van der Waals surface area contributed by atoms with Gasteiger partial charge in [0.1, 0.15) is 5.82 Å². The number of nitrogens with zero attached hydrogens (tertiary/aromatic N) is 3. The van der Waals surface area contributed by atoms with Crippen molar-refractivity contribution in [3.8, 4) is 11.3 Å². The maximum atomic E-state index is 13.2. The van der Waals surface area contributed by atoms with Gasteiger partial charge in [-0.2, -0.15) is 13.2 Å². The standard InChI is InChI=1S/C14H12F4N4O/c1-22(2)13(23)21-11-4-3-10(20-12(11)14(16,17)18)8-5-9(15)7-19-6-8/h3-7H,1-2H3,(H,21,23). The van der Waals surface area contributed by atoms with E-state index in [-0.39, 0.29) is 11.3 Å². The van der Waals surface area contributed by atoms with E-state index in [1.54, 1.807) is 0 Å². The van der Waals surface area contributed by atoms with Crippen molar-refractivity contribution in [2.24, 2.45) is 0 Å². The van der Waals surface area contributed by atoms with Crippen LogP contribution in [0.1, 0.15) is 5.69 Å². The summed E-state index contributed by atoms with van der Waals surface area (Å²) >= 11 is 0. The molecule has 2 aromatic rings. The summed E-state index contributed by atoms with van der Waals surface area (Å²) in [5, 5.41) is 2.12. The summed E-state index contributed by atoms with van der Waals surface area (Å²) in [5.41, 5.74) is -1.76. The van der Waals surface area contributed by atoms with Crippen LogP contribution in [0.4, 0.5) is 28.0 Å². The van der Waals surface area contributed by atoms with Crippen molar-refractivity contribution >= 4 is 11.7 Å². The summed E-state index contributed by atoms with van der Waals surface area (Å²) in [6, 6.07) is 2.61. The first-order valence-corrected chi connectivity index (χ1v) is 6.36. The van der Waals surface area contributed by atoms with Gasteiger partial charge in [-0.1, -0.05) is 0 Å². The molecule has 0 aliphatic carbocycles. The summed E-state index contributed by atoms with van der Waals surface area (Å²) in [7, 11) is 2.78. The quantitative estimate of drug-likeness (QED) is 0.860. The van der Waals surface area contributed by atoms with E-state index in [4.69, 9.17) is 0 Å². The number of carbonyl (C=O) groups excluding carboxylic acids is 1. The molecular weight excluding hydrogens is 316 g/mol. The molecular formula is C14H12F4N4O. The smallest absolute Gasteiger partial charge is 0.331 e. The number of aromatic nitrogens is 2. The molecule has 1 N–H and O–H groups in total. The van der Waals surface area contributed by atoms with Gasteiger partial charge in [0.25, 0.3) is 0 Å². The fourth-order valence-corrected chi connectivity index (χ4v) is 1.72. The van der Waals surface area contributed by atoms with Gasteiger partial charge in [0, 0.05) is 25.9 Å². The van der Waals surface area contributed by atoms with Crippen molar-refractivity contribution in [3.05, 3.63) is 42.1 Å². The predicted molar refractivity (Wildman–Crippen MR) is 75.1 cm³/mol. The van der Waals surface area contributed by atoms with Gasteiger partial charge in [0.2, 0.25) is 0 Å². The summed E-state index contributed by atoms with van der Waals surface area (Å²) in [4.78, 5) is 19.7. The van der Waals surface area contributed by atoms with Crippen LogP contribution in [0.5, 0.6) is 0 Å². The fourth-order valence-electron chi connectivity index (χ4n) is 1.72. The second-order valence-electron chi connectivity index (χ2n) is 4.81. The Morgan fingerprint density at radius 3 is 2.48 bits per heavy atom. The summed E-state index contributed by atoms with van der Waals surface area (Å²) in [5.74, 6) is -0.692. The Hall–Kier alpha value is -2.71. The molecule has 0 atom stereocenters. The maximum absolute atomic E-state index is 13.2. The average molecular weight is 328 g/mol. The van der Waals surface area contributed by atoms with E-state index in [2.05, 4.69) is 15.3 Å². The molecule has 0 saturated carbocycles. The first kappa shape index (κ1) is 16.7. The molecule has 0 radical (unpaired) electrons. The van der Waals surface area contributed by atoms with E-state index in [1.165, 1.54) is 26.4 Å². The number of hydrogen-bond acceptors (Lipinski definition) is 3. The molecule has 2 aromatic heterocycles. The Kier molecular flexibility index (Phi) is 4.48. The largest absolute Gasteiger partial charge is 0.435 e. The lowest BCUT2D eigenvalue weighted by molar-refractivity contribution is -0.140. The van der Waals surface area contributed by atoms with Gasteiger partial charge in [-0.15, -0.1) is 0 Å². The van der Waals surface area contributed by atoms with Gasteiger partial charge in [0.15, 0.2) is 5.69 Å². The number of hydrogen-bond donors (Lipinski definition) is 1. The van der Waals surface area contributed by atoms with Crippen LogP contribution in [0, 0.1) is 5.82 Å². The summed E-state index contributed by atoms with van der Waals surface area (Å²) in [6.07, 6.45) is -2.66. The predicted octanol–water partition coefficient (Wildman–Crippen LogP) is 3.40. The Balaban J connectivity index is 2.48. The molecule has 9 heteroatoms. The van der Waals surface area contributed by atoms with Crippen molar-refractivity contribution in [2.45, 2.75) is 6.18 Å². The molecule has 0 aliphatic rings. The monoisotopic (exact) mass is 328 g/mol. The van der Waals surface area contributed by atoms with Gasteiger partial charge in [-0.25, -0.2) is 14.2 Å². The molecule has 2 amide bonds. The molecule has 2 rings (SSSR count). The fraction of sp³-hybridized carbons (Fsp3) is 0.214. The zero-order chi connectivity index (χ0) is 17.2. The Bertz CT molecular complexity index is 731. The zero-order valence-corrected chi connectivity index (χ0v) is 12.1. The topological polar surface area (TPSA) is 58.1 Å². The van der Waals surface area contributed by atoms with Crippen LogP contribution in [-0.4, -0.2) is 35.0 Å². The highest BCUT2D eigenvalue weighted by molar-refractivity contribution is 5.89.